The topological polar surface area (TPSA) is 42.0 Å². The number of nitrogens with zero attached hydrogens (tertiary/aromatic N) is 1. The minimum absolute atomic E-state index is 0.137. The molecule has 0 radical (unpaired) electrons. The molecule has 1 fully saturated rings. The Morgan fingerprint density at radius 1 is 1.35 bits per heavy atom. The quantitative estimate of drug-likeness (QED) is 0.916. The van der Waals surface area contributed by atoms with Crippen LogP contribution in [0, 0.1) is 11.8 Å². The lowest BCUT2D eigenvalue weighted by Crippen LogP contribution is -2.26. The van der Waals surface area contributed by atoms with Crippen molar-refractivity contribution in [2.45, 2.75) is 38.8 Å². The van der Waals surface area contributed by atoms with Gasteiger partial charge in [-0.2, -0.15) is 13.2 Å². The Kier molecular flexibility index (Phi) is 4.30. The van der Waals surface area contributed by atoms with Gasteiger partial charge < -0.3 is 5.32 Å². The van der Waals surface area contributed by atoms with Gasteiger partial charge in [-0.3, -0.25) is 4.79 Å². The second-order valence-electron chi connectivity index (χ2n) is 5.25. The Labute approximate surface area is 115 Å². The van der Waals surface area contributed by atoms with E-state index < -0.39 is 11.7 Å². The first-order valence-corrected chi connectivity index (χ1v) is 6.72. The van der Waals surface area contributed by atoms with Crippen molar-refractivity contribution in [1.82, 2.24) is 4.98 Å². The first kappa shape index (κ1) is 14.8. The highest BCUT2D eigenvalue weighted by Crippen LogP contribution is 2.32. The molecule has 3 nitrogen and oxygen atoms in total. The number of amides is 1. The van der Waals surface area contributed by atoms with E-state index in [9.17, 15) is 18.0 Å². The van der Waals surface area contributed by atoms with E-state index in [-0.39, 0.29) is 17.6 Å². The minimum atomic E-state index is -4.41. The Morgan fingerprint density at radius 2 is 2.00 bits per heavy atom. The van der Waals surface area contributed by atoms with Gasteiger partial charge in [0.05, 0.1) is 5.56 Å². The van der Waals surface area contributed by atoms with Crippen LogP contribution in [0.2, 0.25) is 0 Å². The molecule has 1 aromatic rings. The van der Waals surface area contributed by atoms with E-state index in [1.807, 2.05) is 6.92 Å². The van der Waals surface area contributed by atoms with E-state index >= 15 is 0 Å². The van der Waals surface area contributed by atoms with Crippen molar-refractivity contribution >= 4 is 11.7 Å². The Bertz CT molecular complexity index is 464. The normalized spacial score (nSPS) is 18.0. The summed E-state index contributed by atoms with van der Waals surface area (Å²) in [5.74, 6) is 0.211. The average molecular weight is 286 g/mol. The molecular formula is C14H17F3N2O. The summed E-state index contributed by atoms with van der Waals surface area (Å²) in [7, 11) is 0. The number of hydrogen-bond donors (Lipinski definition) is 1. The predicted octanol–water partition coefficient (Wildman–Crippen LogP) is 3.87. The van der Waals surface area contributed by atoms with Gasteiger partial charge in [-0.15, -0.1) is 0 Å². The summed E-state index contributed by atoms with van der Waals surface area (Å²) in [6, 6.07) is 2.10. The molecule has 1 aliphatic carbocycles. The molecule has 20 heavy (non-hydrogen) atoms. The number of rotatable bonds is 3. The summed E-state index contributed by atoms with van der Waals surface area (Å²) in [5, 5.41) is 2.58. The molecular weight excluding hydrogens is 269 g/mol. The van der Waals surface area contributed by atoms with E-state index in [2.05, 4.69) is 10.3 Å². The number of aromatic nitrogens is 1. The minimum Gasteiger partial charge on any atom is -0.310 e. The third-order valence-corrected chi connectivity index (χ3v) is 3.86. The van der Waals surface area contributed by atoms with Gasteiger partial charge in [0.15, 0.2) is 0 Å². The maximum atomic E-state index is 12.4. The number of carbonyl (C=O) groups is 1. The first-order valence-electron chi connectivity index (χ1n) is 6.72. The maximum absolute atomic E-state index is 12.4. The van der Waals surface area contributed by atoms with Crippen molar-refractivity contribution in [2.24, 2.45) is 11.8 Å². The van der Waals surface area contributed by atoms with E-state index in [4.69, 9.17) is 0 Å². The highest BCUT2D eigenvalue weighted by atomic mass is 19.4. The molecule has 1 saturated carbocycles. The molecule has 1 atom stereocenters. The van der Waals surface area contributed by atoms with E-state index in [1.54, 1.807) is 0 Å². The highest BCUT2D eigenvalue weighted by molar-refractivity contribution is 5.91. The fourth-order valence-corrected chi connectivity index (χ4v) is 2.55. The molecule has 0 aromatic carbocycles. The zero-order chi connectivity index (χ0) is 14.8. The SMILES string of the molecule is CC(C(=O)Nc1ccc(C(F)(F)F)cn1)C1CCCC1. The molecule has 0 spiro atoms. The van der Waals surface area contributed by atoms with E-state index in [0.29, 0.717) is 5.92 Å². The first-order chi connectivity index (χ1) is 9.38. The van der Waals surface area contributed by atoms with Gasteiger partial charge in [-0.05, 0) is 30.9 Å². The predicted molar refractivity (Wildman–Crippen MR) is 69.0 cm³/mol. The van der Waals surface area contributed by atoms with Crippen LogP contribution in [0.3, 0.4) is 0 Å². The number of nitrogens with one attached hydrogen (secondary N) is 1. The number of alkyl halides is 3. The second-order valence-corrected chi connectivity index (χ2v) is 5.25. The van der Waals surface area contributed by atoms with Gasteiger partial charge in [0.1, 0.15) is 5.82 Å². The van der Waals surface area contributed by atoms with Crippen molar-refractivity contribution < 1.29 is 18.0 Å². The van der Waals surface area contributed by atoms with Gasteiger partial charge in [0.25, 0.3) is 0 Å². The molecule has 6 heteroatoms. The van der Waals surface area contributed by atoms with Crippen LogP contribution in [0.4, 0.5) is 19.0 Å². The Balaban J connectivity index is 1.97. The van der Waals surface area contributed by atoms with Crippen molar-refractivity contribution in [3.05, 3.63) is 23.9 Å². The molecule has 0 aliphatic heterocycles. The van der Waals surface area contributed by atoms with Crippen LogP contribution < -0.4 is 5.32 Å². The summed E-state index contributed by atoms with van der Waals surface area (Å²) in [6.07, 6.45) is 0.675. The molecule has 0 bridgehead atoms. The summed E-state index contributed by atoms with van der Waals surface area (Å²) in [5.41, 5.74) is -0.820. The van der Waals surface area contributed by atoms with Gasteiger partial charge >= 0.3 is 6.18 Å². The third-order valence-electron chi connectivity index (χ3n) is 3.86. The summed E-state index contributed by atoms with van der Waals surface area (Å²) in [4.78, 5) is 15.7. The fourth-order valence-electron chi connectivity index (χ4n) is 2.55. The highest BCUT2D eigenvalue weighted by Gasteiger charge is 2.31. The average Bonchev–Trinajstić information content (AvgIpc) is 2.91. The Morgan fingerprint density at radius 3 is 2.50 bits per heavy atom. The maximum Gasteiger partial charge on any atom is 0.417 e. The zero-order valence-electron chi connectivity index (χ0n) is 11.2. The third kappa shape index (κ3) is 3.49. The van der Waals surface area contributed by atoms with E-state index in [0.717, 1.165) is 37.9 Å². The molecule has 1 unspecified atom stereocenters. The molecule has 2 rings (SSSR count). The van der Waals surface area contributed by atoms with Gasteiger partial charge in [-0.25, -0.2) is 4.98 Å². The number of anilines is 1. The lowest BCUT2D eigenvalue weighted by Gasteiger charge is -2.18. The smallest absolute Gasteiger partial charge is 0.310 e. The standard InChI is InChI=1S/C14H17F3N2O/c1-9(10-4-2-3-5-10)13(20)19-12-7-6-11(8-18-12)14(15,16)17/h6-10H,2-5H2,1H3,(H,18,19,20). The van der Waals surface area contributed by atoms with Crippen molar-refractivity contribution in [2.75, 3.05) is 5.32 Å². The molecule has 1 N–H and O–H groups in total. The van der Waals surface area contributed by atoms with Crippen molar-refractivity contribution in [3.63, 3.8) is 0 Å². The summed E-state index contributed by atoms with van der Waals surface area (Å²) in [6.45, 7) is 1.86. The van der Waals surface area contributed by atoms with Gasteiger partial charge in [-0.1, -0.05) is 19.8 Å². The lowest BCUT2D eigenvalue weighted by molar-refractivity contribution is -0.137. The van der Waals surface area contributed by atoms with Crippen LogP contribution >= 0.6 is 0 Å². The second kappa shape index (κ2) is 5.81. The molecule has 110 valence electrons. The van der Waals surface area contributed by atoms with Crippen LogP contribution in [-0.4, -0.2) is 10.9 Å². The monoisotopic (exact) mass is 286 g/mol. The van der Waals surface area contributed by atoms with Gasteiger partial charge in [0.2, 0.25) is 5.91 Å². The largest absolute Gasteiger partial charge is 0.417 e. The van der Waals surface area contributed by atoms with E-state index in [1.165, 1.54) is 6.07 Å². The molecule has 1 aromatic heterocycles. The fraction of sp³-hybridized carbons (Fsp3) is 0.571. The zero-order valence-corrected chi connectivity index (χ0v) is 11.2. The van der Waals surface area contributed by atoms with Crippen molar-refractivity contribution in [1.29, 1.82) is 0 Å². The number of pyridine rings is 1. The van der Waals surface area contributed by atoms with Crippen molar-refractivity contribution in [3.8, 4) is 0 Å². The van der Waals surface area contributed by atoms with Crippen LogP contribution in [0.1, 0.15) is 38.2 Å². The van der Waals surface area contributed by atoms with Crippen LogP contribution in [0.5, 0.6) is 0 Å². The van der Waals surface area contributed by atoms with Crippen LogP contribution in [0.15, 0.2) is 18.3 Å². The molecule has 0 saturated heterocycles. The summed E-state index contributed by atoms with van der Waals surface area (Å²) >= 11 is 0. The summed E-state index contributed by atoms with van der Waals surface area (Å²) < 4.78 is 37.2. The van der Waals surface area contributed by atoms with Gasteiger partial charge in [0, 0.05) is 12.1 Å². The molecule has 1 heterocycles. The number of hydrogen-bond acceptors (Lipinski definition) is 2. The van der Waals surface area contributed by atoms with Crippen LogP contribution in [0.25, 0.3) is 0 Å². The lowest BCUT2D eigenvalue weighted by atomic mass is 9.92. The Hall–Kier alpha value is -1.59. The molecule has 1 amide bonds. The van der Waals surface area contributed by atoms with Crippen LogP contribution in [-0.2, 0) is 11.0 Å². The molecule has 1 aliphatic rings. The number of halogens is 3. The number of carbonyl (C=O) groups excluding carboxylic acids is 1.